The first-order chi connectivity index (χ1) is 22.5. The van der Waals surface area contributed by atoms with Crippen molar-refractivity contribution in [1.82, 2.24) is 0 Å². The number of rotatable bonds is 12. The number of aliphatic carboxylic acids is 2. The zero-order valence-corrected chi connectivity index (χ0v) is 24.6. The van der Waals surface area contributed by atoms with Gasteiger partial charge in [0.05, 0.1) is 0 Å². The lowest BCUT2D eigenvalue weighted by Gasteiger charge is -2.29. The number of amides is 2. The molecule has 0 saturated heterocycles. The Morgan fingerprint density at radius 2 is 0.875 bits per heavy atom. The highest BCUT2D eigenvalue weighted by Gasteiger charge is 2.39. The molecule has 4 rings (SSSR count). The summed E-state index contributed by atoms with van der Waals surface area (Å²) in [4.78, 5) is 49.2. The van der Waals surface area contributed by atoms with Crippen molar-refractivity contribution in [1.29, 1.82) is 0 Å². The van der Waals surface area contributed by atoms with Gasteiger partial charge in [-0.15, -0.1) is 0 Å². The van der Waals surface area contributed by atoms with Gasteiger partial charge in [-0.25, -0.2) is 0 Å². The number of hydrogen-bond donors (Lipinski definition) is 4. The van der Waals surface area contributed by atoms with E-state index in [1.54, 1.807) is 47.0 Å². The molecule has 0 bridgehead atoms. The maximum atomic E-state index is 12.6. The van der Waals surface area contributed by atoms with E-state index in [0.717, 1.165) is 0 Å². The Morgan fingerprint density at radius 1 is 0.542 bits per heavy atom. The van der Waals surface area contributed by atoms with Crippen LogP contribution in [0, 0.1) is 0 Å². The van der Waals surface area contributed by atoms with Gasteiger partial charge in [-0.2, -0.15) is 26.3 Å². The Hall–Kier alpha value is -5.80. The van der Waals surface area contributed by atoms with Crippen LogP contribution in [0.1, 0.15) is 11.1 Å². The van der Waals surface area contributed by atoms with Gasteiger partial charge in [0.15, 0.2) is 0 Å². The normalized spacial score (nSPS) is 11.5. The molecule has 16 heteroatoms. The maximum absolute atomic E-state index is 12.6. The molecular weight excluding hydrogens is 650 g/mol. The van der Waals surface area contributed by atoms with Gasteiger partial charge in [-0.3, -0.25) is 19.2 Å². The van der Waals surface area contributed by atoms with Crippen LogP contribution in [0.15, 0.2) is 84.9 Å². The molecule has 252 valence electrons. The van der Waals surface area contributed by atoms with Gasteiger partial charge in [0.25, 0.3) is 0 Å². The molecule has 48 heavy (non-hydrogen) atoms. The number of carbonyl (C=O) groups excluding carboxylic acids is 2. The summed E-state index contributed by atoms with van der Waals surface area (Å²) in [6.07, 6.45) is -10.2. The van der Waals surface area contributed by atoms with Crippen molar-refractivity contribution < 1.29 is 55.7 Å². The summed E-state index contributed by atoms with van der Waals surface area (Å²) in [6, 6.07) is 20.7. The highest BCUT2D eigenvalue weighted by atomic mass is 19.4. The van der Waals surface area contributed by atoms with Crippen LogP contribution in [0.3, 0.4) is 0 Å². The molecule has 4 aromatic rings. The molecule has 0 radical (unpaired) electrons. The Kier molecular flexibility index (Phi) is 10.5. The van der Waals surface area contributed by atoms with Gasteiger partial charge in [-0.1, -0.05) is 48.5 Å². The predicted octanol–water partition coefficient (Wildman–Crippen LogP) is 6.02. The van der Waals surface area contributed by atoms with E-state index < -0.39 is 49.2 Å². The van der Waals surface area contributed by atoms with Gasteiger partial charge in [0.2, 0.25) is 0 Å². The number of fused-ring (bicyclic) bond motifs is 1. The molecule has 10 nitrogen and oxygen atoms in total. The Labute approximate surface area is 268 Å². The zero-order chi connectivity index (χ0) is 35.2. The van der Waals surface area contributed by atoms with Crippen molar-refractivity contribution in [2.24, 2.45) is 0 Å². The number of hydrogen-bond acceptors (Lipinski definition) is 6. The van der Waals surface area contributed by atoms with Crippen LogP contribution >= 0.6 is 0 Å². The molecule has 4 N–H and O–H groups in total. The first kappa shape index (κ1) is 35.1. The number of nitrogens with zero attached hydrogens (tertiary/aromatic N) is 2. The minimum absolute atomic E-state index is 0.000789. The molecule has 0 aliphatic rings. The van der Waals surface area contributed by atoms with Crippen LogP contribution < -0.4 is 20.4 Å². The van der Waals surface area contributed by atoms with Crippen molar-refractivity contribution in [3.63, 3.8) is 0 Å². The third-order valence-corrected chi connectivity index (χ3v) is 6.90. The Bertz CT molecular complexity index is 1680. The van der Waals surface area contributed by atoms with E-state index in [1.165, 1.54) is 58.3 Å². The standard InChI is InChI=1S/C32H26F6N4O6/c33-31(34,35)29(47)39-21-9-5-19(6-10-21)15-41(17-27(43)44)25-13-14-26(24-4-2-1-3-23(24)25)42(18-28(45)46)16-20-7-11-22(12-8-20)40-30(48)32(36,37)38/h1-14H,15-18H2,(H,39,47)(H,40,48)(H,43,44)(H,45,46). The summed E-state index contributed by atoms with van der Waals surface area (Å²) in [5, 5.41) is 23.9. The van der Waals surface area contributed by atoms with Gasteiger partial charge in [0, 0.05) is 46.6 Å². The van der Waals surface area contributed by atoms with E-state index in [0.29, 0.717) is 33.3 Å². The number of carboxylic acid groups (broad SMARTS) is 2. The minimum Gasteiger partial charge on any atom is -0.480 e. The highest BCUT2D eigenvalue weighted by Crippen LogP contribution is 2.36. The molecule has 0 aliphatic carbocycles. The van der Waals surface area contributed by atoms with Crippen LogP contribution in [0.4, 0.5) is 49.1 Å². The molecule has 0 aliphatic heterocycles. The van der Waals surface area contributed by atoms with E-state index in [2.05, 4.69) is 0 Å². The summed E-state index contributed by atoms with van der Waals surface area (Å²) < 4.78 is 75.6. The van der Waals surface area contributed by atoms with Crippen LogP contribution in [0.25, 0.3) is 10.8 Å². The average Bonchev–Trinajstić information content (AvgIpc) is 3.00. The quantitative estimate of drug-likeness (QED) is 0.134. The molecule has 0 heterocycles. The monoisotopic (exact) mass is 676 g/mol. The molecule has 0 spiro atoms. The van der Waals surface area contributed by atoms with E-state index in [9.17, 15) is 55.7 Å². The smallest absolute Gasteiger partial charge is 0.471 e. The first-order valence-electron chi connectivity index (χ1n) is 13.9. The van der Waals surface area contributed by atoms with E-state index >= 15 is 0 Å². The van der Waals surface area contributed by atoms with E-state index in [4.69, 9.17) is 0 Å². The second kappa shape index (κ2) is 14.3. The van der Waals surface area contributed by atoms with Crippen molar-refractivity contribution in [2.75, 3.05) is 33.5 Å². The fourth-order valence-electron chi connectivity index (χ4n) is 4.83. The molecule has 0 aromatic heterocycles. The van der Waals surface area contributed by atoms with Gasteiger partial charge in [-0.05, 0) is 47.5 Å². The van der Waals surface area contributed by atoms with Crippen LogP contribution in [-0.2, 0) is 32.3 Å². The zero-order valence-electron chi connectivity index (χ0n) is 24.6. The highest BCUT2D eigenvalue weighted by molar-refractivity contribution is 6.03. The maximum Gasteiger partial charge on any atom is 0.471 e. The molecule has 0 unspecified atom stereocenters. The molecule has 2 amide bonds. The number of alkyl halides is 6. The summed E-state index contributed by atoms with van der Waals surface area (Å²) >= 11 is 0. The Balaban J connectivity index is 1.64. The number of benzene rings is 4. The third-order valence-electron chi connectivity index (χ3n) is 6.90. The van der Waals surface area contributed by atoms with Gasteiger partial charge >= 0.3 is 36.1 Å². The van der Waals surface area contributed by atoms with Crippen LogP contribution in [-0.4, -0.2) is 59.4 Å². The average molecular weight is 677 g/mol. The van der Waals surface area contributed by atoms with Crippen molar-refractivity contribution in [3.8, 4) is 0 Å². The number of anilines is 4. The van der Waals surface area contributed by atoms with Gasteiger partial charge < -0.3 is 30.6 Å². The molecular formula is C32H26F6N4O6. The molecule has 0 atom stereocenters. The third kappa shape index (κ3) is 9.14. The fourth-order valence-corrected chi connectivity index (χ4v) is 4.83. The molecule has 4 aromatic carbocycles. The number of carboxylic acids is 2. The summed E-state index contributed by atoms with van der Waals surface area (Å²) in [6.45, 7) is -0.962. The Morgan fingerprint density at radius 3 is 1.17 bits per heavy atom. The number of carbonyl (C=O) groups is 4. The van der Waals surface area contributed by atoms with Crippen molar-refractivity contribution in [3.05, 3.63) is 96.1 Å². The van der Waals surface area contributed by atoms with E-state index in [1.807, 2.05) is 0 Å². The van der Waals surface area contributed by atoms with Crippen LogP contribution in [0.2, 0.25) is 0 Å². The van der Waals surface area contributed by atoms with E-state index in [-0.39, 0.29) is 24.5 Å². The number of nitrogens with one attached hydrogen (secondary N) is 2. The largest absolute Gasteiger partial charge is 0.480 e. The molecule has 0 saturated carbocycles. The SMILES string of the molecule is O=C(O)CN(Cc1ccc(NC(=O)C(F)(F)F)cc1)c1ccc(N(CC(=O)O)Cc2ccc(NC(=O)C(F)(F)F)cc2)c2ccccc12. The minimum atomic E-state index is -5.08. The van der Waals surface area contributed by atoms with Crippen LogP contribution in [0.5, 0.6) is 0 Å². The van der Waals surface area contributed by atoms with Crippen molar-refractivity contribution in [2.45, 2.75) is 25.4 Å². The lowest BCUT2D eigenvalue weighted by Crippen LogP contribution is -2.31. The topological polar surface area (TPSA) is 139 Å². The second-order valence-electron chi connectivity index (χ2n) is 10.4. The fraction of sp³-hybridized carbons (Fsp3) is 0.188. The lowest BCUT2D eigenvalue weighted by molar-refractivity contribution is -0.167. The molecule has 0 fully saturated rings. The second-order valence-corrected chi connectivity index (χ2v) is 10.4. The van der Waals surface area contributed by atoms with Crippen molar-refractivity contribution >= 4 is 57.3 Å². The summed E-state index contributed by atoms with van der Waals surface area (Å²) in [5.74, 6) is -6.64. The predicted molar refractivity (Wildman–Crippen MR) is 164 cm³/mol. The summed E-state index contributed by atoms with van der Waals surface area (Å²) in [5.41, 5.74) is 1.70. The summed E-state index contributed by atoms with van der Waals surface area (Å²) in [7, 11) is 0. The lowest BCUT2D eigenvalue weighted by atomic mass is 10.0. The van der Waals surface area contributed by atoms with Gasteiger partial charge in [0.1, 0.15) is 13.1 Å². The first-order valence-corrected chi connectivity index (χ1v) is 13.9. The number of halogens is 6.